The Hall–Kier alpha value is -3.10. The molecule has 0 bridgehead atoms. The van der Waals surface area contributed by atoms with E-state index in [4.69, 9.17) is 18.9 Å². The molecule has 1 N–H and O–H groups in total. The van der Waals surface area contributed by atoms with Crippen molar-refractivity contribution >= 4 is 22.4 Å². The van der Waals surface area contributed by atoms with Crippen molar-refractivity contribution in [3.63, 3.8) is 0 Å². The van der Waals surface area contributed by atoms with Gasteiger partial charge in [0.15, 0.2) is 23.4 Å². The van der Waals surface area contributed by atoms with Gasteiger partial charge in [0.1, 0.15) is 5.75 Å². The normalized spacial score (nSPS) is 12.6. The summed E-state index contributed by atoms with van der Waals surface area (Å²) in [6, 6.07) is 10.8. The van der Waals surface area contributed by atoms with E-state index in [1.54, 1.807) is 32.4 Å². The minimum Gasteiger partial charge on any atom is -0.493 e. The van der Waals surface area contributed by atoms with Gasteiger partial charge < -0.3 is 18.9 Å². The molecule has 144 valence electrons. The Morgan fingerprint density at radius 1 is 1.14 bits per heavy atom. The molecular formula is C20H18N2O5S. The third-order valence-corrected chi connectivity index (χ3v) is 5.04. The van der Waals surface area contributed by atoms with Gasteiger partial charge in [-0.3, -0.25) is 10.1 Å². The first-order valence-corrected chi connectivity index (χ1v) is 9.38. The summed E-state index contributed by atoms with van der Waals surface area (Å²) in [5, 5.41) is 5.23. The second kappa shape index (κ2) is 7.87. The van der Waals surface area contributed by atoms with Gasteiger partial charge in [0.25, 0.3) is 5.91 Å². The van der Waals surface area contributed by atoms with E-state index in [1.165, 1.54) is 11.3 Å². The number of hydrogen-bond donors (Lipinski definition) is 1. The monoisotopic (exact) mass is 398 g/mol. The summed E-state index contributed by atoms with van der Waals surface area (Å²) >= 11 is 1.36. The molecule has 0 fully saturated rings. The number of benzene rings is 2. The number of carbonyl (C=O) groups excluding carboxylic acids is 1. The van der Waals surface area contributed by atoms with E-state index in [2.05, 4.69) is 10.3 Å². The topological polar surface area (TPSA) is 78.9 Å². The quantitative estimate of drug-likeness (QED) is 0.701. The number of fused-ring (bicyclic) bond motifs is 1. The molecule has 0 atom stereocenters. The number of hydrogen-bond acceptors (Lipinski definition) is 7. The number of nitrogens with one attached hydrogen (secondary N) is 1. The number of carbonyl (C=O) groups is 1. The molecule has 28 heavy (non-hydrogen) atoms. The third kappa shape index (κ3) is 3.64. The highest BCUT2D eigenvalue weighted by Crippen LogP contribution is 2.33. The van der Waals surface area contributed by atoms with E-state index >= 15 is 0 Å². The molecule has 1 aliphatic rings. The minimum atomic E-state index is -0.235. The summed E-state index contributed by atoms with van der Waals surface area (Å²) in [7, 11) is 3.18. The standard InChI is InChI=1S/C20H18N2O5S/c1-24-17-6-3-12(8-18(17)25-2)15-10-28-20(21-15)22-19(23)13-4-5-16-14(7-13)9-26-11-27-16/h3-8,10H,9,11H2,1-2H3,(H,21,22,23). The van der Waals surface area contributed by atoms with Crippen molar-refractivity contribution in [2.24, 2.45) is 0 Å². The number of aromatic nitrogens is 1. The van der Waals surface area contributed by atoms with E-state index in [1.807, 2.05) is 23.6 Å². The first-order valence-electron chi connectivity index (χ1n) is 8.50. The largest absolute Gasteiger partial charge is 0.493 e. The number of amides is 1. The molecule has 0 saturated heterocycles. The summed E-state index contributed by atoms with van der Waals surface area (Å²) in [5.74, 6) is 1.78. The van der Waals surface area contributed by atoms with Gasteiger partial charge in [-0.2, -0.15) is 0 Å². The van der Waals surface area contributed by atoms with Crippen LogP contribution < -0.4 is 19.5 Å². The summed E-state index contributed by atoms with van der Waals surface area (Å²) in [4.78, 5) is 17.1. The fraction of sp³-hybridized carbons (Fsp3) is 0.200. The maximum absolute atomic E-state index is 12.6. The zero-order chi connectivity index (χ0) is 19.5. The zero-order valence-electron chi connectivity index (χ0n) is 15.4. The van der Waals surface area contributed by atoms with E-state index < -0.39 is 0 Å². The maximum atomic E-state index is 12.6. The highest BCUT2D eigenvalue weighted by atomic mass is 32.1. The van der Waals surface area contributed by atoms with Gasteiger partial charge in [0.05, 0.1) is 26.5 Å². The first-order chi connectivity index (χ1) is 13.7. The summed E-state index contributed by atoms with van der Waals surface area (Å²) < 4.78 is 21.2. The predicted molar refractivity (Wildman–Crippen MR) is 105 cm³/mol. The van der Waals surface area contributed by atoms with Crippen molar-refractivity contribution in [3.8, 4) is 28.5 Å². The smallest absolute Gasteiger partial charge is 0.257 e. The molecule has 0 spiro atoms. The molecule has 0 unspecified atom stereocenters. The van der Waals surface area contributed by atoms with Crippen LogP contribution in [0.3, 0.4) is 0 Å². The number of nitrogens with zero attached hydrogens (tertiary/aromatic N) is 1. The number of rotatable bonds is 5. The van der Waals surface area contributed by atoms with Gasteiger partial charge in [0, 0.05) is 22.1 Å². The minimum absolute atomic E-state index is 0.233. The lowest BCUT2D eigenvalue weighted by Crippen LogP contribution is -2.15. The zero-order valence-corrected chi connectivity index (χ0v) is 16.2. The van der Waals surface area contributed by atoms with Crippen molar-refractivity contribution in [1.82, 2.24) is 4.98 Å². The van der Waals surface area contributed by atoms with Crippen LogP contribution in [0.1, 0.15) is 15.9 Å². The molecule has 8 heteroatoms. The Labute approximate surface area is 165 Å². The molecule has 7 nitrogen and oxygen atoms in total. The van der Waals surface area contributed by atoms with Gasteiger partial charge in [-0.25, -0.2) is 4.98 Å². The second-order valence-corrected chi connectivity index (χ2v) is 6.85. The third-order valence-electron chi connectivity index (χ3n) is 4.28. The number of thiazole rings is 1. The fourth-order valence-electron chi connectivity index (χ4n) is 2.86. The van der Waals surface area contributed by atoms with Crippen molar-refractivity contribution in [3.05, 3.63) is 52.9 Å². The van der Waals surface area contributed by atoms with Gasteiger partial charge in [-0.1, -0.05) is 0 Å². The molecular weight excluding hydrogens is 380 g/mol. The van der Waals surface area contributed by atoms with Crippen LogP contribution in [0.25, 0.3) is 11.3 Å². The Kier molecular flexibility index (Phi) is 5.14. The van der Waals surface area contributed by atoms with Crippen LogP contribution in [0.4, 0.5) is 5.13 Å². The molecule has 0 saturated carbocycles. The van der Waals surface area contributed by atoms with E-state index in [9.17, 15) is 4.79 Å². The van der Waals surface area contributed by atoms with Crippen LogP contribution >= 0.6 is 11.3 Å². The van der Waals surface area contributed by atoms with Crippen molar-refractivity contribution < 1.29 is 23.7 Å². The molecule has 1 amide bonds. The number of methoxy groups -OCH3 is 2. The highest BCUT2D eigenvalue weighted by Gasteiger charge is 2.16. The van der Waals surface area contributed by atoms with Gasteiger partial charge in [-0.05, 0) is 36.4 Å². The molecule has 0 aliphatic carbocycles. The van der Waals surface area contributed by atoms with Crippen LogP contribution in [0, 0.1) is 0 Å². The van der Waals surface area contributed by atoms with Gasteiger partial charge in [0.2, 0.25) is 0 Å². The first kappa shape index (κ1) is 18.3. The van der Waals surface area contributed by atoms with E-state index in [0.717, 1.165) is 22.6 Å². The molecule has 1 aliphatic heterocycles. The SMILES string of the molecule is COc1ccc(-c2csc(NC(=O)c3ccc4c(c3)COCO4)n2)cc1OC. The lowest BCUT2D eigenvalue weighted by molar-refractivity contribution is -0.0163. The summed E-state index contributed by atoms with van der Waals surface area (Å²) in [6.07, 6.45) is 0. The molecule has 2 heterocycles. The number of ether oxygens (including phenoxy) is 4. The van der Waals surface area contributed by atoms with Crippen molar-refractivity contribution in [2.45, 2.75) is 6.61 Å². The average Bonchev–Trinajstić information content (AvgIpc) is 3.21. The van der Waals surface area contributed by atoms with Crippen LogP contribution in [0.15, 0.2) is 41.8 Å². The lowest BCUT2D eigenvalue weighted by atomic mass is 10.1. The van der Waals surface area contributed by atoms with Crippen LogP contribution in [0.5, 0.6) is 17.2 Å². The molecule has 4 rings (SSSR count). The van der Waals surface area contributed by atoms with Crippen LogP contribution in [-0.4, -0.2) is 31.9 Å². The molecule has 3 aromatic rings. The highest BCUT2D eigenvalue weighted by molar-refractivity contribution is 7.14. The Morgan fingerprint density at radius 3 is 2.82 bits per heavy atom. The predicted octanol–water partition coefficient (Wildman–Crippen LogP) is 3.95. The van der Waals surface area contributed by atoms with Gasteiger partial charge in [-0.15, -0.1) is 11.3 Å². The average molecular weight is 398 g/mol. The van der Waals surface area contributed by atoms with Crippen molar-refractivity contribution in [2.75, 3.05) is 26.3 Å². The summed E-state index contributed by atoms with van der Waals surface area (Å²) in [5.41, 5.74) is 2.99. The lowest BCUT2D eigenvalue weighted by Gasteiger charge is -2.17. The van der Waals surface area contributed by atoms with Crippen molar-refractivity contribution in [1.29, 1.82) is 0 Å². The Morgan fingerprint density at radius 2 is 2.00 bits per heavy atom. The molecule has 0 radical (unpaired) electrons. The fourth-order valence-corrected chi connectivity index (χ4v) is 3.57. The number of anilines is 1. The Bertz CT molecular complexity index is 1020. The molecule has 2 aromatic carbocycles. The molecule has 1 aromatic heterocycles. The van der Waals surface area contributed by atoms with Crippen LogP contribution in [-0.2, 0) is 11.3 Å². The Balaban J connectivity index is 1.51. The van der Waals surface area contributed by atoms with E-state index in [-0.39, 0.29) is 12.7 Å². The summed E-state index contributed by atoms with van der Waals surface area (Å²) in [6.45, 7) is 0.660. The second-order valence-electron chi connectivity index (χ2n) is 5.99. The van der Waals surface area contributed by atoms with E-state index in [0.29, 0.717) is 28.8 Å². The maximum Gasteiger partial charge on any atom is 0.257 e. The van der Waals surface area contributed by atoms with Gasteiger partial charge >= 0.3 is 0 Å². The van der Waals surface area contributed by atoms with Crippen LogP contribution in [0.2, 0.25) is 0 Å².